The molecule has 138 valence electrons. The van der Waals surface area contributed by atoms with Crippen molar-refractivity contribution in [2.75, 3.05) is 38.2 Å². The molecule has 0 aliphatic carbocycles. The summed E-state index contributed by atoms with van der Waals surface area (Å²) >= 11 is 0. The number of alkyl halides is 3. The highest BCUT2D eigenvalue weighted by atomic mass is 19.4. The Hall–Kier alpha value is -2.33. The van der Waals surface area contributed by atoms with Crippen LogP contribution in [0, 0.1) is 0 Å². The number of hydrogen-bond acceptors (Lipinski definition) is 3. The van der Waals surface area contributed by atoms with Crippen LogP contribution < -0.4 is 21.1 Å². The van der Waals surface area contributed by atoms with Crippen LogP contribution >= 0.6 is 0 Å². The Kier molecular flexibility index (Phi) is 6.59. The zero-order chi connectivity index (χ0) is 18.3. The average Bonchev–Trinajstić information content (AvgIpc) is 2.58. The van der Waals surface area contributed by atoms with Crippen molar-refractivity contribution < 1.29 is 32.4 Å². The van der Waals surface area contributed by atoms with Crippen LogP contribution in [0.5, 0.6) is 0 Å². The lowest BCUT2D eigenvalue weighted by atomic mass is 10.2. The molecule has 1 aromatic carbocycles. The number of carbonyl (C=O) groups excluding carboxylic acids is 2. The minimum absolute atomic E-state index is 0.0284. The highest BCUT2D eigenvalue weighted by Gasteiger charge is 2.30. The number of ether oxygens (including phenoxy) is 1. The van der Waals surface area contributed by atoms with Crippen molar-refractivity contribution in [2.24, 2.45) is 0 Å². The molecule has 0 spiro atoms. The second-order valence-electron chi connectivity index (χ2n) is 5.57. The first-order valence-corrected chi connectivity index (χ1v) is 7.79. The minimum Gasteiger partial charge on any atom is -0.370 e. The van der Waals surface area contributed by atoms with E-state index >= 15 is 0 Å². The normalized spacial score (nSPS) is 15.5. The number of halogens is 3. The predicted octanol–water partition coefficient (Wildman–Crippen LogP) is 0.163. The van der Waals surface area contributed by atoms with Gasteiger partial charge in [-0.05, 0) is 18.2 Å². The molecular weight excluding hydrogens is 341 g/mol. The molecule has 0 atom stereocenters. The van der Waals surface area contributed by atoms with E-state index in [2.05, 4.69) is 16.2 Å². The summed E-state index contributed by atoms with van der Waals surface area (Å²) in [5.41, 5.74) is 3.43. The van der Waals surface area contributed by atoms with E-state index in [9.17, 15) is 22.8 Å². The van der Waals surface area contributed by atoms with E-state index in [0.717, 1.165) is 25.2 Å². The Morgan fingerprint density at radius 3 is 2.56 bits per heavy atom. The first kappa shape index (κ1) is 19.0. The lowest BCUT2D eigenvalue weighted by Gasteiger charge is -2.23. The summed E-state index contributed by atoms with van der Waals surface area (Å²) in [7, 11) is 0. The van der Waals surface area contributed by atoms with Crippen molar-refractivity contribution in [1.29, 1.82) is 0 Å². The summed E-state index contributed by atoms with van der Waals surface area (Å²) in [6, 6.07) is 3.38. The molecule has 0 saturated carbocycles. The molecule has 0 aromatic heterocycles. The first-order chi connectivity index (χ1) is 11.8. The Morgan fingerprint density at radius 1 is 1.16 bits per heavy atom. The SMILES string of the molecule is O=C(CC[NH+]1CCOCC1)NNC(=O)Nc1cccc(C(F)(F)F)c1. The highest BCUT2D eigenvalue weighted by molar-refractivity contribution is 5.90. The number of carbonyl (C=O) groups is 2. The third-order valence-electron chi connectivity index (χ3n) is 3.67. The molecule has 1 aliphatic rings. The lowest BCUT2D eigenvalue weighted by Crippen LogP contribution is -3.14. The van der Waals surface area contributed by atoms with E-state index in [4.69, 9.17) is 4.74 Å². The van der Waals surface area contributed by atoms with Gasteiger partial charge in [0.15, 0.2) is 0 Å². The van der Waals surface area contributed by atoms with E-state index in [0.29, 0.717) is 19.8 Å². The Labute approximate surface area is 142 Å². The van der Waals surface area contributed by atoms with Crippen LogP contribution in [0.4, 0.5) is 23.7 Å². The van der Waals surface area contributed by atoms with E-state index in [1.54, 1.807) is 0 Å². The largest absolute Gasteiger partial charge is 0.416 e. The maximum atomic E-state index is 12.6. The third-order valence-corrected chi connectivity index (χ3v) is 3.67. The molecule has 2 rings (SSSR count). The summed E-state index contributed by atoms with van der Waals surface area (Å²) < 4.78 is 43.0. The number of quaternary nitrogens is 1. The number of hydrogen-bond donors (Lipinski definition) is 4. The summed E-state index contributed by atoms with van der Waals surface area (Å²) in [5, 5.41) is 2.23. The molecule has 1 saturated heterocycles. The van der Waals surface area contributed by atoms with Gasteiger partial charge in [-0.2, -0.15) is 13.2 Å². The van der Waals surface area contributed by atoms with E-state index < -0.39 is 17.8 Å². The monoisotopic (exact) mass is 361 g/mol. The van der Waals surface area contributed by atoms with Crippen LogP contribution in [-0.2, 0) is 15.7 Å². The molecule has 3 amide bonds. The smallest absolute Gasteiger partial charge is 0.370 e. The van der Waals surface area contributed by atoms with Crippen LogP contribution in [0.1, 0.15) is 12.0 Å². The molecule has 7 nitrogen and oxygen atoms in total. The minimum atomic E-state index is -4.50. The highest BCUT2D eigenvalue weighted by Crippen LogP contribution is 2.30. The summed E-state index contributed by atoms with van der Waals surface area (Å²) in [4.78, 5) is 24.6. The zero-order valence-electron chi connectivity index (χ0n) is 13.4. The van der Waals surface area contributed by atoms with Crippen LogP contribution in [0.25, 0.3) is 0 Å². The molecule has 10 heteroatoms. The molecule has 0 bridgehead atoms. The summed E-state index contributed by atoms with van der Waals surface area (Å²) in [6.07, 6.45) is -4.27. The number of amides is 3. The maximum absolute atomic E-state index is 12.6. The zero-order valence-corrected chi connectivity index (χ0v) is 13.4. The first-order valence-electron chi connectivity index (χ1n) is 7.79. The molecule has 1 aliphatic heterocycles. The molecule has 1 heterocycles. The average molecular weight is 361 g/mol. The van der Waals surface area contributed by atoms with Gasteiger partial charge in [0.2, 0.25) is 5.91 Å². The van der Waals surface area contributed by atoms with Gasteiger partial charge in [-0.25, -0.2) is 10.2 Å². The van der Waals surface area contributed by atoms with Gasteiger partial charge in [0, 0.05) is 5.69 Å². The fourth-order valence-corrected chi connectivity index (χ4v) is 2.32. The van der Waals surface area contributed by atoms with Crippen molar-refractivity contribution in [3.05, 3.63) is 29.8 Å². The van der Waals surface area contributed by atoms with Gasteiger partial charge in [0.25, 0.3) is 0 Å². The van der Waals surface area contributed by atoms with Gasteiger partial charge >= 0.3 is 12.2 Å². The Bertz CT molecular complexity index is 604. The van der Waals surface area contributed by atoms with E-state index in [-0.39, 0.29) is 18.0 Å². The van der Waals surface area contributed by atoms with Gasteiger partial charge in [-0.3, -0.25) is 10.2 Å². The lowest BCUT2D eigenvalue weighted by molar-refractivity contribution is -0.907. The van der Waals surface area contributed by atoms with E-state index in [1.165, 1.54) is 17.0 Å². The van der Waals surface area contributed by atoms with Crippen LogP contribution in [0.2, 0.25) is 0 Å². The quantitative estimate of drug-likeness (QED) is 0.577. The second kappa shape index (κ2) is 8.67. The standard InChI is InChI=1S/C15H19F3N4O3/c16-15(17,18)11-2-1-3-12(10-11)19-14(24)21-20-13(23)4-5-22-6-8-25-9-7-22/h1-3,10H,4-9H2,(H,20,23)(H2,19,21,24)/p+1. The van der Waals surface area contributed by atoms with Crippen LogP contribution in [-0.4, -0.2) is 44.8 Å². The summed E-state index contributed by atoms with van der Waals surface area (Å²) in [5.74, 6) is -0.377. The van der Waals surface area contributed by atoms with Crippen molar-refractivity contribution in [3.63, 3.8) is 0 Å². The molecule has 0 unspecified atom stereocenters. The van der Waals surface area contributed by atoms with Gasteiger partial charge in [-0.1, -0.05) is 6.07 Å². The topological polar surface area (TPSA) is 83.9 Å². The van der Waals surface area contributed by atoms with Gasteiger partial charge < -0.3 is 15.0 Å². The molecule has 0 radical (unpaired) electrons. The fraction of sp³-hybridized carbons (Fsp3) is 0.467. The second-order valence-corrected chi connectivity index (χ2v) is 5.57. The van der Waals surface area contributed by atoms with Gasteiger partial charge in [0.05, 0.1) is 31.7 Å². The number of rotatable bonds is 4. The van der Waals surface area contributed by atoms with Crippen molar-refractivity contribution >= 4 is 17.6 Å². The maximum Gasteiger partial charge on any atom is 0.416 e. The van der Waals surface area contributed by atoms with Gasteiger partial charge in [0.1, 0.15) is 13.1 Å². The van der Waals surface area contributed by atoms with Crippen LogP contribution in [0.15, 0.2) is 24.3 Å². The number of nitrogens with one attached hydrogen (secondary N) is 4. The number of benzene rings is 1. The van der Waals surface area contributed by atoms with Crippen molar-refractivity contribution in [1.82, 2.24) is 10.9 Å². The van der Waals surface area contributed by atoms with Gasteiger partial charge in [-0.15, -0.1) is 0 Å². The molecule has 25 heavy (non-hydrogen) atoms. The molecule has 1 aromatic rings. The predicted molar refractivity (Wildman–Crippen MR) is 82.7 cm³/mol. The molecule has 1 fully saturated rings. The fourth-order valence-electron chi connectivity index (χ4n) is 2.32. The van der Waals surface area contributed by atoms with Crippen molar-refractivity contribution in [2.45, 2.75) is 12.6 Å². The third kappa shape index (κ3) is 6.59. The number of morpholine rings is 1. The number of urea groups is 1. The summed E-state index contributed by atoms with van der Waals surface area (Å²) in [6.45, 7) is 3.60. The molecule has 4 N–H and O–H groups in total. The number of anilines is 1. The Morgan fingerprint density at radius 2 is 1.88 bits per heavy atom. The van der Waals surface area contributed by atoms with E-state index in [1.807, 2.05) is 0 Å². The van der Waals surface area contributed by atoms with Crippen LogP contribution in [0.3, 0.4) is 0 Å². The molecular formula is C15H20F3N4O3+. The number of hydrazine groups is 1. The Balaban J connectivity index is 1.72. The van der Waals surface area contributed by atoms with Crippen molar-refractivity contribution in [3.8, 4) is 0 Å².